The number of hydroxylamine groups is 1. The molecule has 0 unspecified atom stereocenters. The summed E-state index contributed by atoms with van der Waals surface area (Å²) in [6.45, 7) is 5.35. The van der Waals surface area contributed by atoms with E-state index in [0.29, 0.717) is 11.5 Å². The number of carbonyl (C=O) groups is 1. The van der Waals surface area contributed by atoms with E-state index in [-0.39, 0.29) is 30.3 Å². The van der Waals surface area contributed by atoms with Gasteiger partial charge in [-0.15, -0.1) is 0 Å². The predicted octanol–water partition coefficient (Wildman–Crippen LogP) is 3.03. The van der Waals surface area contributed by atoms with Gasteiger partial charge in [-0.1, -0.05) is 49.3 Å². The van der Waals surface area contributed by atoms with Crippen LogP contribution in [0.1, 0.15) is 43.2 Å². The number of aromatic nitrogens is 1. The van der Waals surface area contributed by atoms with E-state index in [1.165, 1.54) is 29.2 Å². The lowest BCUT2D eigenvalue weighted by Crippen LogP contribution is -2.47. The zero-order valence-corrected chi connectivity index (χ0v) is 18.3. The molecule has 2 aromatic rings. The maximum Gasteiger partial charge on any atom is 0.445 e. The molecule has 1 fully saturated rings. The molecule has 2 aliphatic heterocycles. The van der Waals surface area contributed by atoms with Crippen LogP contribution in [0, 0.1) is 12.8 Å². The van der Waals surface area contributed by atoms with Gasteiger partial charge in [0.25, 0.3) is 0 Å². The summed E-state index contributed by atoms with van der Waals surface area (Å²) < 4.78 is 47.7. The normalized spacial score (nSPS) is 26.4. The standard InChI is InChI=1S/C22H25F3N4O4/c1-12(2)18(17-9-13(3)27-32-17)20(31)29-11-15(30)10-16(29)19-26-21(33-28-19,22(23,24)25)14-7-5-4-6-8-14/h4-9,12,15-16,18,30H,10-11H2,1-3H3,(H,26,28)/t15-,16+,18+,21+/m1/s1. The van der Waals surface area contributed by atoms with Crippen molar-refractivity contribution in [2.24, 2.45) is 10.9 Å². The number of nitrogens with zero attached hydrogens (tertiary/aromatic N) is 3. The van der Waals surface area contributed by atoms with E-state index in [0.717, 1.165) is 0 Å². The SMILES string of the molecule is Cc1cc([C@@H](C(=O)N2C[C@H](O)C[C@H]2C2=N[C@](c3ccccc3)(C(F)(F)F)ON2)C(C)C)on1. The molecule has 1 aromatic carbocycles. The van der Waals surface area contributed by atoms with Crippen molar-refractivity contribution in [2.75, 3.05) is 6.54 Å². The molecule has 0 saturated carbocycles. The minimum Gasteiger partial charge on any atom is -0.391 e. The molecular weight excluding hydrogens is 441 g/mol. The number of amides is 1. The molecule has 8 nitrogen and oxygen atoms in total. The van der Waals surface area contributed by atoms with Gasteiger partial charge in [0, 0.05) is 24.6 Å². The number of carbonyl (C=O) groups excluding carboxylic acids is 1. The van der Waals surface area contributed by atoms with Crippen LogP contribution in [0.2, 0.25) is 0 Å². The Morgan fingerprint density at radius 3 is 2.58 bits per heavy atom. The van der Waals surface area contributed by atoms with Gasteiger partial charge < -0.3 is 14.5 Å². The Morgan fingerprint density at radius 2 is 2.00 bits per heavy atom. The van der Waals surface area contributed by atoms with E-state index in [9.17, 15) is 23.1 Å². The first-order valence-corrected chi connectivity index (χ1v) is 10.6. The molecule has 0 spiro atoms. The van der Waals surface area contributed by atoms with Crippen LogP contribution in [-0.4, -0.2) is 51.8 Å². The zero-order chi connectivity index (χ0) is 24.0. The number of aryl methyl sites for hydroxylation is 1. The monoisotopic (exact) mass is 466 g/mol. The van der Waals surface area contributed by atoms with E-state index in [4.69, 9.17) is 9.36 Å². The molecule has 0 radical (unpaired) electrons. The average molecular weight is 466 g/mol. The fraction of sp³-hybridized carbons (Fsp3) is 0.500. The van der Waals surface area contributed by atoms with Gasteiger partial charge in [-0.2, -0.15) is 13.2 Å². The Labute approximate surface area is 188 Å². The van der Waals surface area contributed by atoms with Crippen LogP contribution in [0.25, 0.3) is 0 Å². The quantitative estimate of drug-likeness (QED) is 0.703. The predicted molar refractivity (Wildman–Crippen MR) is 111 cm³/mol. The van der Waals surface area contributed by atoms with Crippen LogP contribution >= 0.6 is 0 Å². The second-order valence-corrected chi connectivity index (χ2v) is 8.70. The molecule has 4 atom stereocenters. The molecule has 2 aliphatic rings. The Bertz CT molecular complexity index is 1040. The van der Waals surface area contributed by atoms with E-state index < -0.39 is 35.9 Å². The average Bonchev–Trinajstić information content (AvgIpc) is 3.46. The molecule has 0 bridgehead atoms. The maximum absolute atomic E-state index is 14.1. The Morgan fingerprint density at radius 1 is 1.30 bits per heavy atom. The van der Waals surface area contributed by atoms with Crippen molar-refractivity contribution in [1.29, 1.82) is 0 Å². The number of aliphatic hydroxyl groups excluding tert-OH is 1. The van der Waals surface area contributed by atoms with Gasteiger partial charge in [-0.25, -0.2) is 15.3 Å². The molecule has 33 heavy (non-hydrogen) atoms. The third-order valence-electron chi connectivity index (χ3n) is 5.89. The van der Waals surface area contributed by atoms with Gasteiger partial charge in [0.05, 0.1) is 17.8 Å². The van der Waals surface area contributed by atoms with Crippen LogP contribution in [0.3, 0.4) is 0 Å². The van der Waals surface area contributed by atoms with E-state index in [1.807, 2.05) is 13.8 Å². The first kappa shape index (κ1) is 23.2. The lowest BCUT2D eigenvalue weighted by atomic mass is 9.91. The lowest BCUT2D eigenvalue weighted by molar-refractivity contribution is -0.285. The minimum absolute atomic E-state index is 0.0178. The summed E-state index contributed by atoms with van der Waals surface area (Å²) in [4.78, 5) is 23.8. The van der Waals surface area contributed by atoms with Gasteiger partial charge in [0.2, 0.25) is 5.91 Å². The summed E-state index contributed by atoms with van der Waals surface area (Å²) >= 11 is 0. The van der Waals surface area contributed by atoms with Crippen LogP contribution < -0.4 is 5.48 Å². The first-order chi connectivity index (χ1) is 15.5. The number of hydrogen-bond donors (Lipinski definition) is 2. The molecule has 178 valence electrons. The lowest BCUT2D eigenvalue weighted by Gasteiger charge is -2.29. The molecule has 11 heteroatoms. The van der Waals surface area contributed by atoms with Gasteiger partial charge in [0.15, 0.2) is 0 Å². The van der Waals surface area contributed by atoms with Crippen molar-refractivity contribution >= 4 is 11.7 Å². The number of aliphatic hydroxyl groups is 1. The summed E-state index contributed by atoms with van der Waals surface area (Å²) in [5.74, 6) is -1.10. The second kappa shape index (κ2) is 8.45. The molecule has 0 aliphatic carbocycles. The number of nitrogens with one attached hydrogen (secondary N) is 1. The summed E-state index contributed by atoms with van der Waals surface area (Å²) in [7, 11) is 0. The smallest absolute Gasteiger partial charge is 0.391 e. The number of benzene rings is 1. The van der Waals surface area contributed by atoms with Gasteiger partial charge in [-0.3, -0.25) is 4.79 Å². The van der Waals surface area contributed by atoms with Gasteiger partial charge >= 0.3 is 11.9 Å². The number of β-amino-alcohol motifs (C(OH)–C–C–N with tert-alkyl or cyclic N) is 1. The fourth-order valence-corrected chi connectivity index (χ4v) is 4.32. The summed E-state index contributed by atoms with van der Waals surface area (Å²) in [6, 6.07) is 7.78. The van der Waals surface area contributed by atoms with Crippen molar-refractivity contribution < 1.29 is 32.4 Å². The Kier molecular flexibility index (Phi) is 5.95. The summed E-state index contributed by atoms with van der Waals surface area (Å²) in [6.07, 6.45) is -5.78. The van der Waals surface area contributed by atoms with Crippen molar-refractivity contribution in [1.82, 2.24) is 15.5 Å². The van der Waals surface area contributed by atoms with Crippen LogP contribution in [0.15, 0.2) is 45.9 Å². The number of aliphatic imine (C=N–C) groups is 1. The maximum atomic E-state index is 14.1. The Balaban J connectivity index is 1.70. The highest BCUT2D eigenvalue weighted by molar-refractivity contribution is 5.94. The molecule has 1 aromatic heterocycles. The van der Waals surface area contributed by atoms with E-state index >= 15 is 0 Å². The van der Waals surface area contributed by atoms with Crippen LogP contribution in [-0.2, 0) is 15.4 Å². The van der Waals surface area contributed by atoms with E-state index in [1.54, 1.807) is 19.1 Å². The van der Waals surface area contributed by atoms with Crippen molar-refractivity contribution in [2.45, 2.75) is 57.2 Å². The number of amidine groups is 1. The molecular formula is C22H25F3N4O4. The topological polar surface area (TPSA) is 100 Å². The molecule has 4 rings (SSSR count). The number of hydrogen-bond acceptors (Lipinski definition) is 7. The van der Waals surface area contributed by atoms with Crippen molar-refractivity contribution in [3.05, 3.63) is 53.4 Å². The number of rotatable bonds is 5. The fourth-order valence-electron chi connectivity index (χ4n) is 4.32. The van der Waals surface area contributed by atoms with Crippen molar-refractivity contribution in [3.8, 4) is 0 Å². The summed E-state index contributed by atoms with van der Waals surface area (Å²) in [5, 5.41) is 14.1. The van der Waals surface area contributed by atoms with Gasteiger partial charge in [-0.05, 0) is 12.8 Å². The molecule has 1 saturated heterocycles. The van der Waals surface area contributed by atoms with E-state index in [2.05, 4.69) is 15.6 Å². The number of halogens is 3. The third-order valence-corrected chi connectivity index (χ3v) is 5.89. The highest BCUT2D eigenvalue weighted by Crippen LogP contribution is 2.45. The van der Waals surface area contributed by atoms with Crippen LogP contribution in [0.5, 0.6) is 0 Å². The molecule has 1 amide bonds. The zero-order valence-electron chi connectivity index (χ0n) is 18.3. The highest BCUT2D eigenvalue weighted by atomic mass is 19.4. The molecule has 3 heterocycles. The number of likely N-dealkylation sites (tertiary alicyclic amines) is 1. The minimum atomic E-state index is -4.87. The molecule has 2 N–H and O–H groups in total. The van der Waals surface area contributed by atoms with Crippen molar-refractivity contribution in [3.63, 3.8) is 0 Å². The largest absolute Gasteiger partial charge is 0.445 e. The van der Waals surface area contributed by atoms with Gasteiger partial charge in [0.1, 0.15) is 17.5 Å². The van der Waals surface area contributed by atoms with Crippen LogP contribution in [0.4, 0.5) is 13.2 Å². The Hall–Kier alpha value is -2.92. The first-order valence-electron chi connectivity index (χ1n) is 10.6. The second-order valence-electron chi connectivity index (χ2n) is 8.70. The third kappa shape index (κ3) is 4.10. The highest BCUT2D eigenvalue weighted by Gasteiger charge is 2.62. The summed E-state index contributed by atoms with van der Waals surface area (Å²) in [5.41, 5.74) is -0.246. The number of alkyl halides is 3.